The van der Waals surface area contributed by atoms with Crippen molar-refractivity contribution in [2.45, 2.75) is 38.3 Å². The van der Waals surface area contributed by atoms with E-state index >= 15 is 0 Å². The Morgan fingerprint density at radius 2 is 2.25 bits per heavy atom. The lowest BCUT2D eigenvalue weighted by Crippen LogP contribution is -2.54. The first kappa shape index (κ1) is 14.3. The number of carboxylic acids is 1. The van der Waals surface area contributed by atoms with E-state index < -0.39 is 11.5 Å². The van der Waals surface area contributed by atoms with E-state index in [0.717, 1.165) is 5.69 Å². The van der Waals surface area contributed by atoms with Crippen LogP contribution >= 0.6 is 0 Å². The first-order valence-electron chi connectivity index (χ1n) is 6.67. The van der Waals surface area contributed by atoms with E-state index in [1.54, 1.807) is 19.2 Å². The molecule has 0 aliphatic carbocycles. The molecule has 2 amide bonds. The molecule has 1 saturated heterocycles. The van der Waals surface area contributed by atoms with Gasteiger partial charge in [-0.15, -0.1) is 0 Å². The molecule has 20 heavy (non-hydrogen) atoms. The first-order valence-corrected chi connectivity index (χ1v) is 6.67. The van der Waals surface area contributed by atoms with Gasteiger partial charge >= 0.3 is 12.0 Å². The number of aromatic nitrogens is 1. The standard InChI is InChI=1S/C14H19N3O3/c1-10(11-6-3-4-8-15-11)16-13(20)17-9-5-7-14(17,2)12(18)19/h3-4,6,8,10H,5,7,9H2,1-2H3,(H,16,20)(H,18,19). The maximum atomic E-state index is 12.3. The van der Waals surface area contributed by atoms with Gasteiger partial charge in [0.2, 0.25) is 0 Å². The Balaban J connectivity index is 2.07. The predicted octanol–water partition coefficient (Wildman–Crippen LogP) is 1.79. The molecule has 1 aliphatic heterocycles. The summed E-state index contributed by atoms with van der Waals surface area (Å²) in [6.45, 7) is 3.88. The Kier molecular flexibility index (Phi) is 3.92. The van der Waals surface area contributed by atoms with Crippen molar-refractivity contribution in [3.05, 3.63) is 30.1 Å². The number of aliphatic carboxylic acids is 1. The molecule has 2 N–H and O–H groups in total. The minimum absolute atomic E-state index is 0.262. The zero-order valence-corrected chi connectivity index (χ0v) is 11.7. The fraction of sp³-hybridized carbons (Fsp3) is 0.500. The van der Waals surface area contributed by atoms with Crippen LogP contribution in [0.1, 0.15) is 38.4 Å². The number of carbonyl (C=O) groups excluding carboxylic acids is 1. The molecule has 0 saturated carbocycles. The summed E-state index contributed by atoms with van der Waals surface area (Å²) >= 11 is 0. The molecule has 0 radical (unpaired) electrons. The minimum atomic E-state index is -1.12. The third-order valence-electron chi connectivity index (χ3n) is 3.82. The SMILES string of the molecule is CC(NC(=O)N1CCCC1(C)C(=O)O)c1ccccn1. The Hall–Kier alpha value is -2.11. The van der Waals surface area contributed by atoms with E-state index in [1.807, 2.05) is 19.1 Å². The average molecular weight is 277 g/mol. The highest BCUT2D eigenvalue weighted by Gasteiger charge is 2.46. The summed E-state index contributed by atoms with van der Waals surface area (Å²) < 4.78 is 0. The molecule has 1 aromatic heterocycles. The van der Waals surface area contributed by atoms with Gasteiger partial charge in [-0.3, -0.25) is 4.98 Å². The third-order valence-corrected chi connectivity index (χ3v) is 3.82. The van der Waals surface area contributed by atoms with Crippen molar-refractivity contribution >= 4 is 12.0 Å². The van der Waals surface area contributed by atoms with E-state index in [-0.39, 0.29) is 12.1 Å². The molecular formula is C14H19N3O3. The molecule has 2 atom stereocenters. The topological polar surface area (TPSA) is 82.5 Å². The number of amides is 2. The number of hydrogen-bond donors (Lipinski definition) is 2. The maximum absolute atomic E-state index is 12.3. The summed E-state index contributed by atoms with van der Waals surface area (Å²) in [7, 11) is 0. The molecule has 0 bridgehead atoms. The quantitative estimate of drug-likeness (QED) is 0.882. The van der Waals surface area contributed by atoms with Gasteiger partial charge in [-0.05, 0) is 38.8 Å². The molecule has 0 aromatic carbocycles. The van der Waals surface area contributed by atoms with Gasteiger partial charge in [-0.25, -0.2) is 9.59 Å². The van der Waals surface area contributed by atoms with Crippen molar-refractivity contribution in [2.75, 3.05) is 6.54 Å². The van der Waals surface area contributed by atoms with Crippen molar-refractivity contribution in [2.24, 2.45) is 0 Å². The number of urea groups is 1. The Bertz CT molecular complexity index is 506. The second kappa shape index (κ2) is 5.48. The predicted molar refractivity (Wildman–Crippen MR) is 73.2 cm³/mol. The van der Waals surface area contributed by atoms with E-state index in [2.05, 4.69) is 10.3 Å². The lowest BCUT2D eigenvalue weighted by Gasteiger charge is -2.32. The van der Waals surface area contributed by atoms with Gasteiger partial charge in [0.1, 0.15) is 5.54 Å². The van der Waals surface area contributed by atoms with Gasteiger partial charge in [0.15, 0.2) is 0 Å². The highest BCUT2D eigenvalue weighted by atomic mass is 16.4. The zero-order valence-electron chi connectivity index (χ0n) is 11.7. The van der Waals surface area contributed by atoms with Crippen LogP contribution < -0.4 is 5.32 Å². The number of nitrogens with one attached hydrogen (secondary N) is 1. The van der Waals surface area contributed by atoms with Crippen molar-refractivity contribution < 1.29 is 14.7 Å². The molecule has 2 rings (SSSR count). The lowest BCUT2D eigenvalue weighted by molar-refractivity contribution is -0.147. The molecule has 108 valence electrons. The second-order valence-corrected chi connectivity index (χ2v) is 5.26. The molecule has 1 fully saturated rings. The van der Waals surface area contributed by atoms with Crippen LogP contribution in [0.25, 0.3) is 0 Å². The van der Waals surface area contributed by atoms with Crippen LogP contribution in [-0.4, -0.2) is 39.1 Å². The summed E-state index contributed by atoms with van der Waals surface area (Å²) in [6, 6.07) is 4.86. The first-order chi connectivity index (χ1) is 9.45. The summed E-state index contributed by atoms with van der Waals surface area (Å²) in [5, 5.41) is 12.1. The Morgan fingerprint density at radius 1 is 1.50 bits per heavy atom. The number of carboxylic acid groups (broad SMARTS) is 1. The van der Waals surface area contributed by atoms with Crippen LogP contribution in [0.3, 0.4) is 0 Å². The third kappa shape index (κ3) is 2.59. The van der Waals surface area contributed by atoms with Gasteiger partial charge < -0.3 is 15.3 Å². The fourth-order valence-corrected chi connectivity index (χ4v) is 2.48. The average Bonchev–Trinajstić information content (AvgIpc) is 2.83. The van der Waals surface area contributed by atoms with Crippen LogP contribution in [0.2, 0.25) is 0 Å². The smallest absolute Gasteiger partial charge is 0.329 e. The van der Waals surface area contributed by atoms with Gasteiger partial charge in [0.25, 0.3) is 0 Å². The highest BCUT2D eigenvalue weighted by Crippen LogP contribution is 2.29. The van der Waals surface area contributed by atoms with E-state index in [1.165, 1.54) is 4.90 Å². The number of hydrogen-bond acceptors (Lipinski definition) is 3. The van der Waals surface area contributed by atoms with Gasteiger partial charge in [0, 0.05) is 12.7 Å². The number of nitrogens with zero attached hydrogens (tertiary/aromatic N) is 2. The molecule has 0 spiro atoms. The van der Waals surface area contributed by atoms with Gasteiger partial charge in [0.05, 0.1) is 11.7 Å². The summed E-state index contributed by atoms with van der Waals surface area (Å²) in [4.78, 5) is 29.2. The molecule has 1 aromatic rings. The van der Waals surface area contributed by atoms with Crippen LogP contribution in [-0.2, 0) is 4.79 Å². The largest absolute Gasteiger partial charge is 0.480 e. The van der Waals surface area contributed by atoms with Gasteiger partial charge in [-0.2, -0.15) is 0 Å². The molecular weight excluding hydrogens is 258 g/mol. The summed E-state index contributed by atoms with van der Waals surface area (Å²) in [5.41, 5.74) is -0.370. The van der Waals surface area contributed by atoms with E-state index in [4.69, 9.17) is 0 Å². The van der Waals surface area contributed by atoms with E-state index in [9.17, 15) is 14.7 Å². The Morgan fingerprint density at radius 3 is 2.85 bits per heavy atom. The molecule has 6 nitrogen and oxygen atoms in total. The maximum Gasteiger partial charge on any atom is 0.329 e. The normalized spacial score (nSPS) is 23.4. The number of rotatable bonds is 3. The summed E-state index contributed by atoms with van der Waals surface area (Å²) in [6.07, 6.45) is 2.84. The van der Waals surface area contributed by atoms with Crippen LogP contribution in [0.4, 0.5) is 4.79 Å². The van der Waals surface area contributed by atoms with E-state index in [0.29, 0.717) is 19.4 Å². The summed E-state index contributed by atoms with van der Waals surface area (Å²) in [5.74, 6) is -0.962. The second-order valence-electron chi connectivity index (χ2n) is 5.26. The zero-order chi connectivity index (χ0) is 14.8. The number of likely N-dealkylation sites (tertiary alicyclic amines) is 1. The van der Waals surface area contributed by atoms with Crippen molar-refractivity contribution in [1.29, 1.82) is 0 Å². The van der Waals surface area contributed by atoms with Crippen molar-refractivity contribution in [3.63, 3.8) is 0 Å². The van der Waals surface area contributed by atoms with Crippen LogP contribution in [0.15, 0.2) is 24.4 Å². The number of carbonyl (C=O) groups is 2. The van der Waals surface area contributed by atoms with Crippen molar-refractivity contribution in [3.8, 4) is 0 Å². The molecule has 6 heteroatoms. The molecule has 2 unspecified atom stereocenters. The molecule has 2 heterocycles. The Labute approximate surface area is 117 Å². The fourth-order valence-electron chi connectivity index (χ4n) is 2.48. The minimum Gasteiger partial charge on any atom is -0.480 e. The lowest BCUT2D eigenvalue weighted by atomic mass is 10.00. The highest BCUT2D eigenvalue weighted by molar-refractivity contribution is 5.86. The van der Waals surface area contributed by atoms with Gasteiger partial charge in [-0.1, -0.05) is 6.07 Å². The van der Waals surface area contributed by atoms with Crippen molar-refractivity contribution in [1.82, 2.24) is 15.2 Å². The monoisotopic (exact) mass is 277 g/mol. The molecule has 1 aliphatic rings. The van der Waals surface area contributed by atoms with Crippen LogP contribution in [0.5, 0.6) is 0 Å². The number of pyridine rings is 1. The van der Waals surface area contributed by atoms with Crippen LogP contribution in [0, 0.1) is 0 Å².